The van der Waals surface area contributed by atoms with Crippen LogP contribution in [0.15, 0.2) is 12.3 Å². The van der Waals surface area contributed by atoms with Crippen molar-refractivity contribution in [1.29, 1.82) is 0 Å². The summed E-state index contributed by atoms with van der Waals surface area (Å²) in [5, 5.41) is 3.03. The van der Waals surface area contributed by atoms with E-state index in [4.69, 9.17) is 4.74 Å². The highest BCUT2D eigenvalue weighted by Crippen LogP contribution is 2.18. The summed E-state index contributed by atoms with van der Waals surface area (Å²) in [4.78, 5) is 22.2. The molecular weight excluding hydrogens is 320 g/mol. The minimum Gasteiger partial charge on any atom is -0.385 e. The van der Waals surface area contributed by atoms with Crippen LogP contribution >= 0.6 is 0 Å². The molecule has 9 heteroatoms. The molecule has 1 atom stereocenters. The highest BCUT2D eigenvalue weighted by atomic mass is 32.2. The standard InChI is InChI=1S/C14H22N4O4S/c1-18(11-5-9-23(20,21)10-11)13(19)12-4-7-16-14(17-12)15-6-3-8-22-2/h4,7,11H,3,5-6,8-10H2,1-2H3,(H,15,16,17). The van der Waals surface area contributed by atoms with Gasteiger partial charge in [0, 0.05) is 39.5 Å². The maximum absolute atomic E-state index is 12.5. The summed E-state index contributed by atoms with van der Waals surface area (Å²) in [6.45, 7) is 1.27. The van der Waals surface area contributed by atoms with E-state index in [0.717, 1.165) is 6.42 Å². The fourth-order valence-corrected chi connectivity index (χ4v) is 4.18. The third-order valence-electron chi connectivity index (χ3n) is 3.76. The van der Waals surface area contributed by atoms with Crippen LogP contribution in [0.2, 0.25) is 0 Å². The van der Waals surface area contributed by atoms with Gasteiger partial charge in [0.05, 0.1) is 11.5 Å². The second kappa shape index (κ2) is 7.69. The number of nitrogens with zero attached hydrogens (tertiary/aromatic N) is 3. The lowest BCUT2D eigenvalue weighted by Gasteiger charge is -2.23. The average Bonchev–Trinajstić information content (AvgIpc) is 2.90. The molecular formula is C14H22N4O4S. The molecule has 23 heavy (non-hydrogen) atoms. The molecule has 1 aliphatic heterocycles. The average molecular weight is 342 g/mol. The smallest absolute Gasteiger partial charge is 0.272 e. The number of carbonyl (C=O) groups excluding carboxylic acids is 1. The number of sulfone groups is 1. The molecule has 1 fully saturated rings. The van der Waals surface area contributed by atoms with E-state index < -0.39 is 9.84 Å². The van der Waals surface area contributed by atoms with Crippen LogP contribution in [0.4, 0.5) is 5.95 Å². The predicted octanol–water partition coefficient (Wildman–Crippen LogP) is 0.184. The first-order valence-corrected chi connectivity index (χ1v) is 9.28. The largest absolute Gasteiger partial charge is 0.385 e. The summed E-state index contributed by atoms with van der Waals surface area (Å²) in [6.07, 6.45) is 2.79. The van der Waals surface area contributed by atoms with Gasteiger partial charge >= 0.3 is 0 Å². The van der Waals surface area contributed by atoms with Gasteiger partial charge in [0.15, 0.2) is 9.84 Å². The van der Waals surface area contributed by atoms with Crippen LogP contribution < -0.4 is 5.32 Å². The molecule has 1 aliphatic rings. The second-order valence-electron chi connectivity index (χ2n) is 5.51. The van der Waals surface area contributed by atoms with Crippen LogP contribution in [0.3, 0.4) is 0 Å². The second-order valence-corrected chi connectivity index (χ2v) is 7.74. The van der Waals surface area contributed by atoms with Gasteiger partial charge < -0.3 is 15.0 Å². The van der Waals surface area contributed by atoms with Gasteiger partial charge in [-0.3, -0.25) is 4.79 Å². The Morgan fingerprint density at radius 2 is 2.30 bits per heavy atom. The number of rotatable bonds is 7. The maximum atomic E-state index is 12.5. The van der Waals surface area contributed by atoms with Crippen LogP contribution in [0.5, 0.6) is 0 Å². The normalized spacial score (nSPS) is 19.5. The molecule has 1 unspecified atom stereocenters. The van der Waals surface area contributed by atoms with Gasteiger partial charge in [-0.1, -0.05) is 0 Å². The fraction of sp³-hybridized carbons (Fsp3) is 0.643. The number of nitrogens with one attached hydrogen (secondary N) is 1. The zero-order valence-electron chi connectivity index (χ0n) is 13.4. The number of methoxy groups -OCH3 is 1. The number of carbonyl (C=O) groups is 1. The number of hydrogen-bond donors (Lipinski definition) is 1. The number of anilines is 1. The Labute approximate surface area is 136 Å². The Morgan fingerprint density at radius 3 is 2.96 bits per heavy atom. The van der Waals surface area contributed by atoms with Gasteiger partial charge in [0.1, 0.15) is 5.69 Å². The minimum absolute atomic E-state index is 0.0163. The van der Waals surface area contributed by atoms with Gasteiger partial charge in [-0.25, -0.2) is 18.4 Å². The van der Waals surface area contributed by atoms with Crippen molar-refractivity contribution in [1.82, 2.24) is 14.9 Å². The number of hydrogen-bond acceptors (Lipinski definition) is 7. The monoisotopic (exact) mass is 342 g/mol. The first kappa shape index (κ1) is 17.6. The summed E-state index contributed by atoms with van der Waals surface area (Å²) in [5.41, 5.74) is 0.251. The van der Waals surface area contributed by atoms with E-state index in [1.165, 1.54) is 17.2 Å². The van der Waals surface area contributed by atoms with E-state index in [0.29, 0.717) is 25.5 Å². The van der Waals surface area contributed by atoms with Crippen molar-refractivity contribution in [3.63, 3.8) is 0 Å². The molecule has 2 heterocycles. The van der Waals surface area contributed by atoms with Crippen molar-refractivity contribution in [3.8, 4) is 0 Å². The van der Waals surface area contributed by atoms with Crippen LogP contribution in [-0.2, 0) is 14.6 Å². The summed E-state index contributed by atoms with van der Waals surface area (Å²) in [5.74, 6) is 0.224. The zero-order chi connectivity index (χ0) is 16.9. The van der Waals surface area contributed by atoms with Crippen LogP contribution in [0, 0.1) is 0 Å². The number of ether oxygens (including phenoxy) is 1. The molecule has 8 nitrogen and oxygen atoms in total. The van der Waals surface area contributed by atoms with Gasteiger partial charge in [0.25, 0.3) is 5.91 Å². The summed E-state index contributed by atoms with van der Waals surface area (Å²) < 4.78 is 28.0. The molecule has 1 saturated heterocycles. The Bertz CT molecular complexity index is 650. The van der Waals surface area contributed by atoms with Crippen molar-refractivity contribution in [2.24, 2.45) is 0 Å². The van der Waals surface area contributed by atoms with Crippen LogP contribution in [0.1, 0.15) is 23.3 Å². The molecule has 0 saturated carbocycles. The van der Waals surface area contributed by atoms with E-state index >= 15 is 0 Å². The Morgan fingerprint density at radius 1 is 1.52 bits per heavy atom. The number of aromatic nitrogens is 2. The lowest BCUT2D eigenvalue weighted by molar-refractivity contribution is 0.0741. The molecule has 1 aromatic rings. The van der Waals surface area contributed by atoms with Crippen molar-refractivity contribution < 1.29 is 17.9 Å². The molecule has 128 valence electrons. The molecule has 0 bridgehead atoms. The van der Waals surface area contributed by atoms with Crippen molar-refractivity contribution in [3.05, 3.63) is 18.0 Å². The quantitative estimate of drug-likeness (QED) is 0.706. The molecule has 1 aromatic heterocycles. The Balaban J connectivity index is 1.99. The van der Waals surface area contributed by atoms with Crippen molar-refractivity contribution in [2.75, 3.05) is 44.1 Å². The van der Waals surface area contributed by atoms with Crippen molar-refractivity contribution in [2.45, 2.75) is 18.9 Å². The zero-order valence-corrected chi connectivity index (χ0v) is 14.2. The molecule has 0 aliphatic carbocycles. The lowest BCUT2D eigenvalue weighted by Crippen LogP contribution is -2.38. The minimum atomic E-state index is -3.03. The first-order valence-electron chi connectivity index (χ1n) is 7.46. The van der Waals surface area contributed by atoms with E-state index in [1.807, 2.05) is 0 Å². The van der Waals surface area contributed by atoms with Crippen LogP contribution in [0.25, 0.3) is 0 Å². The summed E-state index contributed by atoms with van der Waals surface area (Å²) in [7, 11) is 0.214. The SMILES string of the molecule is COCCCNc1nccc(C(=O)N(C)C2CCS(=O)(=O)C2)n1. The van der Waals surface area contributed by atoms with Crippen LogP contribution in [-0.4, -0.2) is 74.0 Å². The molecule has 1 N–H and O–H groups in total. The predicted molar refractivity (Wildman–Crippen MR) is 86.2 cm³/mol. The number of amides is 1. The highest BCUT2D eigenvalue weighted by Gasteiger charge is 2.33. The van der Waals surface area contributed by atoms with Gasteiger partial charge in [0.2, 0.25) is 5.95 Å². The van der Waals surface area contributed by atoms with Gasteiger partial charge in [-0.2, -0.15) is 0 Å². The molecule has 2 rings (SSSR count). The van der Waals surface area contributed by atoms with E-state index in [1.54, 1.807) is 14.2 Å². The van der Waals surface area contributed by atoms with Gasteiger partial charge in [-0.05, 0) is 18.9 Å². The van der Waals surface area contributed by atoms with Crippen molar-refractivity contribution >= 4 is 21.7 Å². The Kier molecular flexibility index (Phi) is 5.89. The molecule has 0 aromatic carbocycles. The Hall–Kier alpha value is -1.74. The maximum Gasteiger partial charge on any atom is 0.272 e. The summed E-state index contributed by atoms with van der Waals surface area (Å²) in [6, 6.07) is 1.24. The van der Waals surface area contributed by atoms with E-state index in [2.05, 4.69) is 15.3 Å². The molecule has 0 spiro atoms. The highest BCUT2D eigenvalue weighted by molar-refractivity contribution is 7.91. The third kappa shape index (κ3) is 4.87. The summed E-state index contributed by atoms with van der Waals surface area (Å²) >= 11 is 0. The van der Waals surface area contributed by atoms with E-state index in [-0.39, 0.29) is 29.1 Å². The third-order valence-corrected chi connectivity index (χ3v) is 5.51. The van der Waals surface area contributed by atoms with Gasteiger partial charge in [-0.15, -0.1) is 0 Å². The fourth-order valence-electron chi connectivity index (χ4n) is 2.41. The molecule has 0 radical (unpaired) electrons. The lowest BCUT2D eigenvalue weighted by atomic mass is 10.2. The first-order chi connectivity index (χ1) is 10.9. The molecule has 1 amide bonds. The van der Waals surface area contributed by atoms with E-state index in [9.17, 15) is 13.2 Å². The topological polar surface area (TPSA) is 101 Å².